The fourth-order valence-corrected chi connectivity index (χ4v) is 3.01. The molecule has 0 saturated carbocycles. The number of H-pyrrole nitrogens is 1. The fraction of sp³-hybridized carbons (Fsp3) is 0.190. The van der Waals surface area contributed by atoms with Gasteiger partial charge in [-0.15, -0.1) is 0 Å². The Bertz CT molecular complexity index is 1170. The summed E-state index contributed by atoms with van der Waals surface area (Å²) in [5.41, 5.74) is 0.315. The number of aliphatic hydroxyl groups excluding tert-OH is 1. The SMILES string of the molecule is COc1[nH]c(=O)c(-c2cc(Cl)ccc2F)cc1Nc1ccncc1C(=O)NCC(C)O. The number of rotatable bonds is 7. The molecule has 0 spiro atoms. The predicted octanol–water partition coefficient (Wildman–Crippen LogP) is 3.09. The quantitative estimate of drug-likeness (QED) is 0.443. The van der Waals surface area contributed by atoms with Crippen molar-refractivity contribution in [2.45, 2.75) is 13.0 Å². The molecule has 1 atom stereocenters. The molecule has 0 aliphatic carbocycles. The Balaban J connectivity index is 2.04. The first-order valence-electron chi connectivity index (χ1n) is 9.24. The van der Waals surface area contributed by atoms with Crippen LogP contribution < -0.4 is 20.9 Å². The Morgan fingerprint density at radius 3 is 2.77 bits per heavy atom. The number of methoxy groups -OCH3 is 1. The Kier molecular flexibility index (Phi) is 6.88. The molecule has 0 saturated heterocycles. The van der Waals surface area contributed by atoms with Crippen molar-refractivity contribution < 1.29 is 19.0 Å². The van der Waals surface area contributed by atoms with Gasteiger partial charge in [0, 0.05) is 29.5 Å². The number of hydrogen-bond donors (Lipinski definition) is 4. The van der Waals surface area contributed by atoms with Crippen molar-refractivity contribution in [3.63, 3.8) is 0 Å². The number of aromatic nitrogens is 2. The largest absolute Gasteiger partial charge is 0.481 e. The van der Waals surface area contributed by atoms with Crippen molar-refractivity contribution in [1.82, 2.24) is 15.3 Å². The van der Waals surface area contributed by atoms with E-state index in [1.54, 1.807) is 13.0 Å². The van der Waals surface area contributed by atoms with Gasteiger partial charge in [0.25, 0.3) is 11.5 Å². The molecule has 31 heavy (non-hydrogen) atoms. The number of hydrogen-bond acceptors (Lipinski definition) is 6. The van der Waals surface area contributed by atoms with E-state index in [2.05, 4.69) is 20.6 Å². The molecule has 8 nitrogen and oxygen atoms in total. The maximum atomic E-state index is 14.4. The van der Waals surface area contributed by atoms with Crippen molar-refractivity contribution in [2.75, 3.05) is 19.0 Å². The summed E-state index contributed by atoms with van der Waals surface area (Å²) in [5.74, 6) is -0.988. The molecule has 0 fully saturated rings. The molecule has 3 rings (SSSR count). The van der Waals surface area contributed by atoms with Crippen LogP contribution >= 0.6 is 11.6 Å². The molecule has 0 radical (unpaired) electrons. The number of amides is 1. The van der Waals surface area contributed by atoms with Crippen LogP contribution in [0.4, 0.5) is 15.8 Å². The van der Waals surface area contributed by atoms with Crippen molar-refractivity contribution in [3.05, 3.63) is 69.5 Å². The minimum Gasteiger partial charge on any atom is -0.481 e. The molecule has 4 N–H and O–H groups in total. The molecule has 1 unspecified atom stereocenters. The van der Waals surface area contributed by atoms with Crippen LogP contribution in [0.2, 0.25) is 5.02 Å². The molecule has 0 aliphatic rings. The van der Waals surface area contributed by atoms with E-state index < -0.39 is 23.4 Å². The lowest BCUT2D eigenvalue weighted by Gasteiger charge is -2.15. The fourth-order valence-electron chi connectivity index (χ4n) is 2.84. The van der Waals surface area contributed by atoms with Crippen LogP contribution in [0, 0.1) is 5.82 Å². The number of nitrogens with one attached hydrogen (secondary N) is 3. The smallest absolute Gasteiger partial charge is 0.258 e. The zero-order chi connectivity index (χ0) is 22.5. The molecule has 10 heteroatoms. The highest BCUT2D eigenvalue weighted by Gasteiger charge is 2.17. The monoisotopic (exact) mass is 446 g/mol. The summed E-state index contributed by atoms with van der Waals surface area (Å²) >= 11 is 5.97. The second-order valence-corrected chi connectivity index (χ2v) is 7.12. The second-order valence-electron chi connectivity index (χ2n) is 6.69. The molecule has 162 valence electrons. The molecule has 0 bridgehead atoms. The molecular weight excluding hydrogens is 427 g/mol. The number of halogens is 2. The molecule has 3 aromatic rings. The normalized spacial score (nSPS) is 11.6. The van der Waals surface area contributed by atoms with Gasteiger partial charge in [-0.05, 0) is 37.3 Å². The maximum Gasteiger partial charge on any atom is 0.258 e. The first-order chi connectivity index (χ1) is 14.8. The van der Waals surface area contributed by atoms with E-state index in [0.29, 0.717) is 5.69 Å². The van der Waals surface area contributed by atoms with E-state index in [1.807, 2.05) is 0 Å². The number of carbonyl (C=O) groups excluding carboxylic acids is 1. The van der Waals surface area contributed by atoms with E-state index in [0.717, 1.165) is 0 Å². The van der Waals surface area contributed by atoms with Crippen LogP contribution in [-0.2, 0) is 0 Å². The number of aliphatic hydroxyl groups is 1. The number of aromatic amines is 1. The van der Waals surface area contributed by atoms with Crippen molar-refractivity contribution in [2.24, 2.45) is 0 Å². The van der Waals surface area contributed by atoms with Gasteiger partial charge in [-0.25, -0.2) is 4.39 Å². The van der Waals surface area contributed by atoms with E-state index in [-0.39, 0.29) is 39.8 Å². The van der Waals surface area contributed by atoms with E-state index >= 15 is 0 Å². The molecule has 1 aromatic carbocycles. The average Bonchev–Trinajstić information content (AvgIpc) is 2.75. The third-order valence-electron chi connectivity index (χ3n) is 4.32. The molecular formula is C21H20ClFN4O4. The summed E-state index contributed by atoms with van der Waals surface area (Å²) in [7, 11) is 1.36. The Morgan fingerprint density at radius 2 is 2.06 bits per heavy atom. The van der Waals surface area contributed by atoms with Gasteiger partial charge in [0.05, 0.1) is 30.0 Å². The zero-order valence-electron chi connectivity index (χ0n) is 16.7. The molecule has 1 amide bonds. The first kappa shape index (κ1) is 22.3. The van der Waals surface area contributed by atoms with Crippen LogP contribution in [0.15, 0.2) is 47.5 Å². The summed E-state index contributed by atoms with van der Waals surface area (Å²) in [6, 6.07) is 6.86. The van der Waals surface area contributed by atoms with Gasteiger partial charge in [0.1, 0.15) is 11.5 Å². The lowest BCUT2D eigenvalue weighted by atomic mass is 10.1. The summed E-state index contributed by atoms with van der Waals surface area (Å²) in [6.07, 6.45) is 2.12. The Morgan fingerprint density at radius 1 is 1.29 bits per heavy atom. The number of ether oxygens (including phenoxy) is 1. The number of anilines is 2. The first-order valence-corrected chi connectivity index (χ1v) is 9.62. The van der Waals surface area contributed by atoms with Gasteiger partial charge in [0.15, 0.2) is 0 Å². The number of pyridine rings is 2. The highest BCUT2D eigenvalue weighted by Crippen LogP contribution is 2.31. The molecule has 0 aliphatic heterocycles. The summed E-state index contributed by atoms with van der Waals surface area (Å²) in [6.45, 7) is 1.61. The van der Waals surface area contributed by atoms with Gasteiger partial charge in [-0.2, -0.15) is 0 Å². The topological polar surface area (TPSA) is 116 Å². The standard InChI is InChI=1S/C21H20ClFN4O4/c1-11(28)9-25-19(29)15-10-24-6-5-17(15)26-18-8-14(20(30)27-21(18)31-2)13-7-12(22)3-4-16(13)23/h3-8,10-11,28H,9H2,1-2H3,(H,24,26)(H,25,29)(H,27,30). The second kappa shape index (κ2) is 9.59. The lowest BCUT2D eigenvalue weighted by molar-refractivity contribution is 0.0924. The van der Waals surface area contributed by atoms with Crippen LogP contribution in [0.25, 0.3) is 11.1 Å². The van der Waals surface area contributed by atoms with E-state index in [9.17, 15) is 19.1 Å². The van der Waals surface area contributed by atoms with Crippen molar-refractivity contribution in [3.8, 4) is 17.0 Å². The third-order valence-corrected chi connectivity index (χ3v) is 4.56. The summed E-state index contributed by atoms with van der Waals surface area (Å²) in [5, 5.41) is 15.3. The van der Waals surface area contributed by atoms with Crippen molar-refractivity contribution >= 4 is 28.9 Å². The highest BCUT2D eigenvalue weighted by molar-refractivity contribution is 6.30. The predicted molar refractivity (Wildman–Crippen MR) is 116 cm³/mol. The number of benzene rings is 1. The van der Waals surface area contributed by atoms with Crippen LogP contribution in [0.1, 0.15) is 17.3 Å². The minimum atomic E-state index is -0.716. The Hall–Kier alpha value is -3.43. The lowest BCUT2D eigenvalue weighted by Crippen LogP contribution is -2.31. The van der Waals surface area contributed by atoms with Crippen LogP contribution in [0.3, 0.4) is 0 Å². The van der Waals surface area contributed by atoms with Gasteiger partial charge < -0.3 is 20.5 Å². The van der Waals surface area contributed by atoms with E-state index in [4.69, 9.17) is 16.3 Å². The maximum absolute atomic E-state index is 14.4. The minimum absolute atomic E-state index is 0.0177. The Labute approximate surface area is 182 Å². The third kappa shape index (κ3) is 5.19. The zero-order valence-corrected chi connectivity index (χ0v) is 17.5. The molecule has 2 heterocycles. The van der Waals surface area contributed by atoms with Gasteiger partial charge in [0.2, 0.25) is 5.88 Å². The number of nitrogens with zero attached hydrogens (tertiary/aromatic N) is 1. The summed E-state index contributed by atoms with van der Waals surface area (Å²) < 4.78 is 19.6. The molecule has 2 aromatic heterocycles. The van der Waals surface area contributed by atoms with Crippen molar-refractivity contribution in [1.29, 1.82) is 0 Å². The number of carbonyl (C=O) groups is 1. The summed E-state index contributed by atoms with van der Waals surface area (Å²) in [4.78, 5) is 31.5. The van der Waals surface area contributed by atoms with Crippen LogP contribution in [-0.4, -0.2) is 40.7 Å². The van der Waals surface area contributed by atoms with Gasteiger partial charge in [-0.3, -0.25) is 19.6 Å². The highest BCUT2D eigenvalue weighted by atomic mass is 35.5. The van der Waals surface area contributed by atoms with E-state index in [1.165, 1.54) is 43.8 Å². The average molecular weight is 447 g/mol. The van der Waals surface area contributed by atoms with Gasteiger partial charge >= 0.3 is 0 Å². The van der Waals surface area contributed by atoms with Gasteiger partial charge in [-0.1, -0.05) is 11.6 Å². The van der Waals surface area contributed by atoms with Crippen LogP contribution in [0.5, 0.6) is 5.88 Å².